The molecule has 15 heavy (non-hydrogen) atoms. The van der Waals surface area contributed by atoms with Crippen molar-refractivity contribution in [3.05, 3.63) is 22.4 Å². The van der Waals surface area contributed by atoms with Crippen molar-refractivity contribution in [3.8, 4) is 0 Å². The second-order valence-electron chi connectivity index (χ2n) is 4.45. The van der Waals surface area contributed by atoms with Crippen LogP contribution in [0, 0.1) is 0 Å². The molecular formula is C11H17NO2S. The van der Waals surface area contributed by atoms with Gasteiger partial charge in [-0.05, 0) is 43.2 Å². The summed E-state index contributed by atoms with van der Waals surface area (Å²) in [4.78, 5) is 11.5. The summed E-state index contributed by atoms with van der Waals surface area (Å²) >= 11 is 1.58. The normalized spacial score (nSPS) is 13.6. The van der Waals surface area contributed by atoms with Crippen molar-refractivity contribution in [3.63, 3.8) is 0 Å². The molecule has 0 bridgehead atoms. The van der Waals surface area contributed by atoms with Gasteiger partial charge in [-0.25, -0.2) is 0 Å². The highest BCUT2D eigenvalue weighted by Crippen LogP contribution is 2.19. The van der Waals surface area contributed by atoms with Crippen LogP contribution < -0.4 is 5.73 Å². The van der Waals surface area contributed by atoms with Gasteiger partial charge in [0.1, 0.15) is 5.60 Å². The van der Waals surface area contributed by atoms with Crippen LogP contribution in [0.3, 0.4) is 0 Å². The van der Waals surface area contributed by atoms with E-state index in [0.717, 1.165) is 5.56 Å². The van der Waals surface area contributed by atoms with E-state index < -0.39 is 5.60 Å². The Balaban J connectivity index is 2.45. The summed E-state index contributed by atoms with van der Waals surface area (Å²) in [6.07, 6.45) is 0.230. The summed E-state index contributed by atoms with van der Waals surface area (Å²) in [5, 5.41) is 3.90. The van der Waals surface area contributed by atoms with Crippen molar-refractivity contribution in [2.45, 2.75) is 38.8 Å². The van der Waals surface area contributed by atoms with Crippen molar-refractivity contribution in [2.24, 2.45) is 5.73 Å². The molecule has 1 rings (SSSR count). The molecule has 0 saturated heterocycles. The summed E-state index contributed by atoms with van der Waals surface area (Å²) in [6.45, 7) is 5.54. The zero-order valence-electron chi connectivity index (χ0n) is 9.32. The molecule has 1 heterocycles. The second-order valence-corrected chi connectivity index (χ2v) is 5.23. The van der Waals surface area contributed by atoms with Gasteiger partial charge in [-0.15, -0.1) is 0 Å². The van der Waals surface area contributed by atoms with Gasteiger partial charge in [0, 0.05) is 6.04 Å². The fraction of sp³-hybridized carbons (Fsp3) is 0.545. The molecule has 0 radical (unpaired) electrons. The monoisotopic (exact) mass is 227 g/mol. The Morgan fingerprint density at radius 1 is 1.60 bits per heavy atom. The topological polar surface area (TPSA) is 52.3 Å². The minimum atomic E-state index is -0.439. The van der Waals surface area contributed by atoms with Crippen molar-refractivity contribution in [1.82, 2.24) is 0 Å². The van der Waals surface area contributed by atoms with Gasteiger partial charge in [-0.3, -0.25) is 4.79 Å². The first kappa shape index (κ1) is 12.2. The predicted molar refractivity (Wildman–Crippen MR) is 61.7 cm³/mol. The van der Waals surface area contributed by atoms with Crippen molar-refractivity contribution in [2.75, 3.05) is 0 Å². The Labute approximate surface area is 94.2 Å². The van der Waals surface area contributed by atoms with Crippen LogP contribution in [0.4, 0.5) is 0 Å². The number of ether oxygens (including phenoxy) is 1. The van der Waals surface area contributed by atoms with E-state index in [4.69, 9.17) is 10.5 Å². The Morgan fingerprint density at radius 3 is 2.73 bits per heavy atom. The van der Waals surface area contributed by atoms with E-state index in [0.29, 0.717) is 0 Å². The first-order valence-corrected chi connectivity index (χ1v) is 5.82. The molecule has 0 saturated carbocycles. The summed E-state index contributed by atoms with van der Waals surface area (Å²) in [6, 6.07) is 1.67. The number of nitrogens with two attached hydrogens (primary N) is 1. The standard InChI is InChI=1S/C11H17NO2S/c1-11(2,3)14-10(13)6-9(12)8-4-5-15-7-8/h4-5,7,9H,6,12H2,1-3H3. The minimum Gasteiger partial charge on any atom is -0.460 e. The quantitative estimate of drug-likeness (QED) is 0.807. The lowest BCUT2D eigenvalue weighted by Gasteiger charge is -2.20. The summed E-state index contributed by atoms with van der Waals surface area (Å²) in [5.74, 6) is -0.249. The number of carbonyl (C=O) groups is 1. The van der Waals surface area contributed by atoms with Crippen LogP contribution in [-0.2, 0) is 9.53 Å². The third-order valence-electron chi connectivity index (χ3n) is 1.78. The van der Waals surface area contributed by atoms with E-state index in [9.17, 15) is 4.79 Å². The molecule has 0 aliphatic carbocycles. The number of rotatable bonds is 3. The number of carbonyl (C=O) groups excluding carboxylic acids is 1. The average Bonchev–Trinajstić information content (AvgIpc) is 2.50. The van der Waals surface area contributed by atoms with Gasteiger partial charge in [0.2, 0.25) is 0 Å². The van der Waals surface area contributed by atoms with Gasteiger partial charge >= 0.3 is 5.97 Å². The van der Waals surface area contributed by atoms with E-state index in [1.165, 1.54) is 0 Å². The number of hydrogen-bond donors (Lipinski definition) is 1. The summed E-state index contributed by atoms with van der Waals surface area (Å²) < 4.78 is 5.19. The highest BCUT2D eigenvalue weighted by molar-refractivity contribution is 7.07. The average molecular weight is 227 g/mol. The largest absolute Gasteiger partial charge is 0.460 e. The van der Waals surface area contributed by atoms with Crippen molar-refractivity contribution < 1.29 is 9.53 Å². The van der Waals surface area contributed by atoms with Crippen LogP contribution in [0.2, 0.25) is 0 Å². The molecule has 1 aromatic rings. The van der Waals surface area contributed by atoms with Crippen molar-refractivity contribution >= 4 is 17.3 Å². The minimum absolute atomic E-state index is 0.230. The number of esters is 1. The molecule has 1 atom stereocenters. The van der Waals surface area contributed by atoms with Crippen LogP contribution in [0.15, 0.2) is 16.8 Å². The smallest absolute Gasteiger partial charge is 0.308 e. The van der Waals surface area contributed by atoms with E-state index in [1.54, 1.807) is 11.3 Å². The lowest BCUT2D eigenvalue weighted by atomic mass is 10.1. The third-order valence-corrected chi connectivity index (χ3v) is 2.48. The molecule has 0 aliphatic rings. The van der Waals surface area contributed by atoms with Crippen LogP contribution in [0.25, 0.3) is 0 Å². The Morgan fingerprint density at radius 2 is 2.27 bits per heavy atom. The fourth-order valence-electron chi connectivity index (χ4n) is 1.17. The molecule has 1 aromatic heterocycles. The van der Waals surface area contributed by atoms with Gasteiger partial charge in [-0.2, -0.15) is 11.3 Å². The lowest BCUT2D eigenvalue weighted by Crippen LogP contribution is -2.26. The molecule has 0 spiro atoms. The lowest BCUT2D eigenvalue weighted by molar-refractivity contribution is -0.155. The van der Waals surface area contributed by atoms with E-state index in [2.05, 4.69) is 0 Å². The molecule has 0 aromatic carbocycles. The van der Waals surface area contributed by atoms with Crippen LogP contribution in [0.5, 0.6) is 0 Å². The molecule has 3 nitrogen and oxygen atoms in total. The van der Waals surface area contributed by atoms with Crippen molar-refractivity contribution in [1.29, 1.82) is 0 Å². The van der Waals surface area contributed by atoms with E-state index >= 15 is 0 Å². The molecule has 0 fully saturated rings. The van der Waals surface area contributed by atoms with Gasteiger partial charge in [0.05, 0.1) is 6.42 Å². The highest BCUT2D eigenvalue weighted by atomic mass is 32.1. The predicted octanol–water partition coefficient (Wildman–Crippen LogP) is 2.48. The molecule has 0 amide bonds. The maximum Gasteiger partial charge on any atom is 0.308 e. The highest BCUT2D eigenvalue weighted by Gasteiger charge is 2.19. The second kappa shape index (κ2) is 4.77. The molecule has 1 unspecified atom stereocenters. The van der Waals surface area contributed by atoms with Gasteiger partial charge < -0.3 is 10.5 Å². The maximum absolute atomic E-state index is 11.5. The zero-order chi connectivity index (χ0) is 11.5. The van der Waals surface area contributed by atoms with E-state index in [1.807, 2.05) is 37.6 Å². The maximum atomic E-state index is 11.5. The first-order valence-electron chi connectivity index (χ1n) is 4.88. The van der Waals surface area contributed by atoms with Gasteiger partial charge in [0.25, 0.3) is 0 Å². The summed E-state index contributed by atoms with van der Waals surface area (Å²) in [7, 11) is 0. The Kier molecular flexibility index (Phi) is 3.88. The molecule has 4 heteroatoms. The number of thiophene rings is 1. The van der Waals surface area contributed by atoms with Crippen LogP contribution >= 0.6 is 11.3 Å². The number of hydrogen-bond acceptors (Lipinski definition) is 4. The Hall–Kier alpha value is -0.870. The third kappa shape index (κ3) is 4.44. The SMILES string of the molecule is CC(C)(C)OC(=O)CC(N)c1ccsc1. The molecule has 0 aliphatic heterocycles. The molecular weight excluding hydrogens is 210 g/mol. The fourth-order valence-corrected chi connectivity index (χ4v) is 1.89. The van der Waals surface area contributed by atoms with Crippen LogP contribution in [0.1, 0.15) is 38.8 Å². The molecule has 84 valence electrons. The van der Waals surface area contributed by atoms with Gasteiger partial charge in [0.15, 0.2) is 0 Å². The van der Waals surface area contributed by atoms with Gasteiger partial charge in [-0.1, -0.05) is 0 Å². The Bertz CT molecular complexity index is 314. The summed E-state index contributed by atoms with van der Waals surface area (Å²) in [5.41, 5.74) is 6.42. The van der Waals surface area contributed by atoms with E-state index in [-0.39, 0.29) is 18.4 Å². The zero-order valence-corrected chi connectivity index (χ0v) is 10.1. The molecule has 2 N–H and O–H groups in total. The first-order chi connectivity index (χ1) is 6.88. The van der Waals surface area contributed by atoms with Crippen LogP contribution in [-0.4, -0.2) is 11.6 Å².